The van der Waals surface area contributed by atoms with Gasteiger partial charge in [-0.05, 0) is 12.8 Å². The molecule has 5 nitrogen and oxygen atoms in total. The van der Waals surface area contributed by atoms with E-state index in [9.17, 15) is 9.59 Å². The van der Waals surface area contributed by atoms with E-state index in [4.69, 9.17) is 4.74 Å². The monoisotopic (exact) mass is 228 g/mol. The van der Waals surface area contributed by atoms with E-state index < -0.39 is 6.04 Å². The van der Waals surface area contributed by atoms with Crippen molar-refractivity contribution >= 4 is 11.8 Å². The van der Waals surface area contributed by atoms with Gasteiger partial charge in [0, 0.05) is 13.1 Å². The van der Waals surface area contributed by atoms with Crippen molar-refractivity contribution in [3.63, 3.8) is 0 Å². The number of urea groups is 1. The first-order valence-electron chi connectivity index (χ1n) is 5.66. The first kappa shape index (κ1) is 13.0. The zero-order chi connectivity index (χ0) is 12.1. The summed E-state index contributed by atoms with van der Waals surface area (Å²) in [4.78, 5) is 24.9. The minimum Gasteiger partial charge on any atom is -0.378 e. The number of ether oxygens (including phenoxy) is 1. The summed E-state index contributed by atoms with van der Waals surface area (Å²) < 4.78 is 5.16. The quantitative estimate of drug-likeness (QED) is 0.771. The van der Waals surface area contributed by atoms with Crippen molar-refractivity contribution in [2.75, 3.05) is 26.3 Å². The summed E-state index contributed by atoms with van der Waals surface area (Å²) in [6.45, 7) is 7.67. The molecule has 0 unspecified atom stereocenters. The molecule has 1 aliphatic heterocycles. The molecule has 5 heteroatoms. The standard InChI is InChI=1S/C11H20N2O3/c1-8(2)10(9(3)14)12-11(15)13-4-6-16-7-5-13/h8,10H,4-7H2,1-3H3,(H,12,15)/t10-/m0/s1. The van der Waals surface area contributed by atoms with Crippen LogP contribution in [0.4, 0.5) is 4.79 Å². The van der Waals surface area contributed by atoms with Crippen LogP contribution >= 0.6 is 0 Å². The molecule has 0 spiro atoms. The maximum Gasteiger partial charge on any atom is 0.318 e. The number of Topliss-reactive ketones (excluding diaryl/α,β-unsaturated/α-hetero) is 1. The lowest BCUT2D eigenvalue weighted by Crippen LogP contribution is -2.52. The van der Waals surface area contributed by atoms with Crippen LogP contribution in [-0.2, 0) is 9.53 Å². The van der Waals surface area contributed by atoms with E-state index in [1.54, 1.807) is 4.90 Å². The van der Waals surface area contributed by atoms with E-state index in [1.165, 1.54) is 6.92 Å². The van der Waals surface area contributed by atoms with Crippen LogP contribution in [0.25, 0.3) is 0 Å². The number of rotatable bonds is 3. The van der Waals surface area contributed by atoms with Gasteiger partial charge < -0.3 is 15.0 Å². The maximum atomic E-state index is 11.8. The van der Waals surface area contributed by atoms with Gasteiger partial charge in [0.1, 0.15) is 0 Å². The molecule has 16 heavy (non-hydrogen) atoms. The van der Waals surface area contributed by atoms with Crippen molar-refractivity contribution in [2.45, 2.75) is 26.8 Å². The van der Waals surface area contributed by atoms with Crippen molar-refractivity contribution in [1.29, 1.82) is 0 Å². The average Bonchev–Trinajstić information content (AvgIpc) is 2.25. The summed E-state index contributed by atoms with van der Waals surface area (Å²) in [5.74, 6) is 0.110. The van der Waals surface area contributed by atoms with Gasteiger partial charge in [0.15, 0.2) is 5.78 Å². The Morgan fingerprint density at radius 3 is 2.25 bits per heavy atom. The molecule has 0 aromatic carbocycles. The highest BCUT2D eigenvalue weighted by atomic mass is 16.5. The third-order valence-corrected chi connectivity index (χ3v) is 2.68. The molecule has 92 valence electrons. The molecule has 1 fully saturated rings. The van der Waals surface area contributed by atoms with Gasteiger partial charge >= 0.3 is 6.03 Å². The number of carbonyl (C=O) groups excluding carboxylic acids is 2. The first-order valence-corrected chi connectivity index (χ1v) is 5.66. The number of amides is 2. The van der Waals surface area contributed by atoms with E-state index in [-0.39, 0.29) is 17.7 Å². The lowest BCUT2D eigenvalue weighted by Gasteiger charge is -2.29. The van der Waals surface area contributed by atoms with Crippen LogP contribution in [0.15, 0.2) is 0 Å². The Labute approximate surface area is 96.1 Å². The SMILES string of the molecule is CC(=O)[C@@H](NC(=O)N1CCOCC1)C(C)C. The number of ketones is 1. The Morgan fingerprint density at radius 2 is 1.81 bits per heavy atom. The molecule has 1 heterocycles. The molecule has 1 N–H and O–H groups in total. The molecular weight excluding hydrogens is 208 g/mol. The second-order valence-corrected chi connectivity index (χ2v) is 4.38. The molecule has 0 aromatic rings. The van der Waals surface area contributed by atoms with Gasteiger partial charge in [0.05, 0.1) is 19.3 Å². The summed E-state index contributed by atoms with van der Waals surface area (Å²) in [5, 5.41) is 2.77. The number of nitrogens with zero attached hydrogens (tertiary/aromatic N) is 1. The number of hydrogen-bond donors (Lipinski definition) is 1. The molecule has 0 bridgehead atoms. The number of nitrogens with one attached hydrogen (secondary N) is 1. The Balaban J connectivity index is 2.50. The summed E-state index contributed by atoms with van der Waals surface area (Å²) in [7, 11) is 0. The van der Waals surface area contributed by atoms with E-state index >= 15 is 0 Å². The fourth-order valence-electron chi connectivity index (χ4n) is 1.73. The van der Waals surface area contributed by atoms with Gasteiger partial charge in [-0.15, -0.1) is 0 Å². The summed E-state index contributed by atoms with van der Waals surface area (Å²) in [6, 6.07) is -0.562. The van der Waals surface area contributed by atoms with Crippen LogP contribution in [0.2, 0.25) is 0 Å². The molecule has 0 aromatic heterocycles. The summed E-state index contributed by atoms with van der Waals surface area (Å²) in [5.41, 5.74) is 0. The highest BCUT2D eigenvalue weighted by molar-refractivity contribution is 5.87. The second-order valence-electron chi connectivity index (χ2n) is 4.38. The third kappa shape index (κ3) is 3.48. The van der Waals surface area contributed by atoms with E-state index in [1.807, 2.05) is 13.8 Å². The second kappa shape index (κ2) is 5.84. The molecule has 2 amide bonds. The minimum absolute atomic E-state index is 0.00314. The Kier molecular flexibility index (Phi) is 4.73. The number of carbonyl (C=O) groups is 2. The Hall–Kier alpha value is -1.10. The lowest BCUT2D eigenvalue weighted by atomic mass is 10.0. The van der Waals surface area contributed by atoms with Crippen molar-refractivity contribution in [2.24, 2.45) is 5.92 Å². The molecule has 1 rings (SSSR count). The smallest absolute Gasteiger partial charge is 0.318 e. The van der Waals surface area contributed by atoms with Crippen LogP contribution in [0.3, 0.4) is 0 Å². The summed E-state index contributed by atoms with van der Waals surface area (Å²) in [6.07, 6.45) is 0. The predicted molar refractivity (Wildman–Crippen MR) is 60.2 cm³/mol. The topological polar surface area (TPSA) is 58.6 Å². The van der Waals surface area contributed by atoms with Crippen LogP contribution < -0.4 is 5.32 Å². The van der Waals surface area contributed by atoms with Gasteiger partial charge in [0.25, 0.3) is 0 Å². The van der Waals surface area contributed by atoms with Gasteiger partial charge in [-0.2, -0.15) is 0 Å². The van der Waals surface area contributed by atoms with Gasteiger partial charge in [0.2, 0.25) is 0 Å². The summed E-state index contributed by atoms with van der Waals surface area (Å²) >= 11 is 0. The molecule has 1 saturated heterocycles. The van der Waals surface area contributed by atoms with Crippen molar-refractivity contribution in [1.82, 2.24) is 10.2 Å². The predicted octanol–water partition coefficient (Wildman–Crippen LogP) is 0.642. The van der Waals surface area contributed by atoms with E-state index in [0.717, 1.165) is 0 Å². The van der Waals surface area contributed by atoms with E-state index in [0.29, 0.717) is 26.3 Å². The van der Waals surface area contributed by atoms with Gasteiger partial charge in [-0.25, -0.2) is 4.79 Å². The van der Waals surface area contributed by atoms with Crippen molar-refractivity contribution in [3.05, 3.63) is 0 Å². The normalized spacial score (nSPS) is 18.4. The van der Waals surface area contributed by atoms with Gasteiger partial charge in [-0.3, -0.25) is 4.79 Å². The van der Waals surface area contributed by atoms with Crippen LogP contribution in [0.5, 0.6) is 0 Å². The van der Waals surface area contributed by atoms with Crippen LogP contribution in [0, 0.1) is 5.92 Å². The highest BCUT2D eigenvalue weighted by Gasteiger charge is 2.24. The minimum atomic E-state index is -0.393. The van der Waals surface area contributed by atoms with Crippen molar-refractivity contribution in [3.8, 4) is 0 Å². The Morgan fingerprint density at radius 1 is 1.25 bits per heavy atom. The fraction of sp³-hybridized carbons (Fsp3) is 0.818. The molecule has 0 aliphatic carbocycles. The average molecular weight is 228 g/mol. The molecule has 1 atom stereocenters. The van der Waals surface area contributed by atoms with Crippen LogP contribution in [0.1, 0.15) is 20.8 Å². The molecule has 0 saturated carbocycles. The highest BCUT2D eigenvalue weighted by Crippen LogP contribution is 2.05. The lowest BCUT2D eigenvalue weighted by molar-refractivity contribution is -0.119. The molecular formula is C11H20N2O3. The zero-order valence-corrected chi connectivity index (χ0v) is 10.2. The molecule has 1 aliphatic rings. The maximum absolute atomic E-state index is 11.8. The van der Waals surface area contributed by atoms with Crippen molar-refractivity contribution < 1.29 is 14.3 Å². The Bertz CT molecular complexity index is 260. The van der Waals surface area contributed by atoms with Crippen LogP contribution in [-0.4, -0.2) is 49.1 Å². The molecule has 0 radical (unpaired) electrons. The third-order valence-electron chi connectivity index (χ3n) is 2.68. The fourth-order valence-corrected chi connectivity index (χ4v) is 1.73. The largest absolute Gasteiger partial charge is 0.378 e. The number of hydrogen-bond acceptors (Lipinski definition) is 3. The van der Waals surface area contributed by atoms with Gasteiger partial charge in [-0.1, -0.05) is 13.8 Å². The first-order chi connectivity index (χ1) is 7.52. The van der Waals surface area contributed by atoms with E-state index in [2.05, 4.69) is 5.32 Å². The number of morpholine rings is 1. The zero-order valence-electron chi connectivity index (χ0n) is 10.2.